The van der Waals surface area contributed by atoms with Crippen LogP contribution in [0.15, 0.2) is 18.3 Å². The molecule has 0 aromatic carbocycles. The quantitative estimate of drug-likeness (QED) is 0.837. The number of rotatable bonds is 5. The van der Waals surface area contributed by atoms with Crippen LogP contribution in [0.25, 0.3) is 0 Å². The van der Waals surface area contributed by atoms with Crippen LogP contribution in [-0.2, 0) is 11.0 Å². The molecular formula is C18H25F3N4O. The van der Waals surface area contributed by atoms with Gasteiger partial charge < -0.3 is 15.5 Å². The Balaban J connectivity index is 1.41. The van der Waals surface area contributed by atoms with Gasteiger partial charge in [-0.3, -0.25) is 4.79 Å². The lowest BCUT2D eigenvalue weighted by Gasteiger charge is -2.33. The van der Waals surface area contributed by atoms with Crippen LogP contribution in [0, 0.1) is 5.92 Å². The number of amides is 1. The summed E-state index contributed by atoms with van der Waals surface area (Å²) >= 11 is 0. The lowest BCUT2D eigenvalue weighted by Crippen LogP contribution is -2.45. The molecule has 0 spiro atoms. The van der Waals surface area contributed by atoms with Crippen molar-refractivity contribution in [2.75, 3.05) is 31.1 Å². The van der Waals surface area contributed by atoms with Gasteiger partial charge in [-0.1, -0.05) is 0 Å². The molecule has 1 unspecified atom stereocenters. The minimum Gasteiger partial charge on any atom is -0.356 e. The van der Waals surface area contributed by atoms with Gasteiger partial charge in [-0.15, -0.1) is 0 Å². The third-order valence-electron chi connectivity index (χ3n) is 5.20. The van der Waals surface area contributed by atoms with Crippen molar-refractivity contribution >= 4 is 11.7 Å². The van der Waals surface area contributed by atoms with Crippen molar-refractivity contribution in [2.45, 2.75) is 44.3 Å². The number of aromatic nitrogens is 1. The first-order chi connectivity index (χ1) is 12.4. The molecule has 1 atom stereocenters. The number of nitrogens with one attached hydrogen (secondary N) is 2. The fourth-order valence-corrected chi connectivity index (χ4v) is 3.59. The molecule has 26 heavy (non-hydrogen) atoms. The molecule has 3 heterocycles. The highest BCUT2D eigenvalue weighted by molar-refractivity contribution is 5.76. The van der Waals surface area contributed by atoms with E-state index in [1.165, 1.54) is 6.07 Å². The number of hydrogen-bond donors (Lipinski definition) is 2. The van der Waals surface area contributed by atoms with Crippen LogP contribution in [-0.4, -0.2) is 43.1 Å². The summed E-state index contributed by atoms with van der Waals surface area (Å²) < 4.78 is 37.8. The highest BCUT2D eigenvalue weighted by atomic mass is 19.4. The lowest BCUT2D eigenvalue weighted by molar-refractivity contribution is -0.137. The highest BCUT2D eigenvalue weighted by Crippen LogP contribution is 2.29. The van der Waals surface area contributed by atoms with E-state index in [4.69, 9.17) is 0 Å². The van der Waals surface area contributed by atoms with E-state index < -0.39 is 11.7 Å². The molecule has 1 aromatic rings. The summed E-state index contributed by atoms with van der Waals surface area (Å²) in [5.41, 5.74) is -0.735. The molecular weight excluding hydrogens is 345 g/mol. The van der Waals surface area contributed by atoms with E-state index in [0.29, 0.717) is 31.2 Å². The SMILES string of the molecule is O=C(CCC1CCNC1)NC1CCN(c2ccc(C(F)(F)F)cn2)CC1. The monoisotopic (exact) mass is 370 g/mol. The van der Waals surface area contributed by atoms with Crippen LogP contribution >= 0.6 is 0 Å². The van der Waals surface area contributed by atoms with Gasteiger partial charge in [0.25, 0.3) is 0 Å². The first-order valence-electron chi connectivity index (χ1n) is 9.20. The van der Waals surface area contributed by atoms with Crippen molar-refractivity contribution in [3.63, 3.8) is 0 Å². The van der Waals surface area contributed by atoms with E-state index >= 15 is 0 Å². The van der Waals surface area contributed by atoms with Crippen molar-refractivity contribution in [1.29, 1.82) is 0 Å². The normalized spacial score (nSPS) is 21.8. The second kappa shape index (κ2) is 8.24. The third-order valence-corrected chi connectivity index (χ3v) is 5.20. The molecule has 0 aliphatic carbocycles. The fourth-order valence-electron chi connectivity index (χ4n) is 3.59. The summed E-state index contributed by atoms with van der Waals surface area (Å²) in [6.07, 6.45) is 0.698. The van der Waals surface area contributed by atoms with Gasteiger partial charge in [-0.25, -0.2) is 4.98 Å². The Morgan fingerprint density at radius 2 is 2.04 bits per heavy atom. The van der Waals surface area contributed by atoms with Gasteiger partial charge >= 0.3 is 6.18 Å². The van der Waals surface area contributed by atoms with E-state index in [1.54, 1.807) is 0 Å². The fraction of sp³-hybridized carbons (Fsp3) is 0.667. The predicted molar refractivity (Wildman–Crippen MR) is 92.8 cm³/mol. The Kier molecular flexibility index (Phi) is 6.01. The summed E-state index contributed by atoms with van der Waals surface area (Å²) in [7, 11) is 0. The molecule has 0 saturated carbocycles. The summed E-state index contributed by atoms with van der Waals surface area (Å²) in [5.74, 6) is 1.26. The lowest BCUT2D eigenvalue weighted by atomic mass is 10.0. The average molecular weight is 370 g/mol. The summed E-state index contributed by atoms with van der Waals surface area (Å²) in [5, 5.41) is 6.39. The van der Waals surface area contributed by atoms with Gasteiger partial charge in [-0.05, 0) is 56.8 Å². The van der Waals surface area contributed by atoms with Crippen molar-refractivity contribution in [3.8, 4) is 0 Å². The number of hydrogen-bond acceptors (Lipinski definition) is 4. The van der Waals surface area contributed by atoms with E-state index in [9.17, 15) is 18.0 Å². The van der Waals surface area contributed by atoms with Crippen molar-refractivity contribution < 1.29 is 18.0 Å². The number of carbonyl (C=O) groups excluding carboxylic acids is 1. The summed E-state index contributed by atoms with van der Waals surface area (Å²) in [4.78, 5) is 18.0. The Morgan fingerprint density at radius 3 is 2.62 bits per heavy atom. The number of piperidine rings is 1. The van der Waals surface area contributed by atoms with E-state index in [1.807, 2.05) is 4.90 Å². The number of halogens is 3. The number of carbonyl (C=O) groups is 1. The van der Waals surface area contributed by atoms with Gasteiger partial charge in [0.2, 0.25) is 5.91 Å². The van der Waals surface area contributed by atoms with Crippen LogP contribution in [0.3, 0.4) is 0 Å². The Morgan fingerprint density at radius 1 is 1.27 bits per heavy atom. The largest absolute Gasteiger partial charge is 0.417 e. The molecule has 5 nitrogen and oxygen atoms in total. The second-order valence-corrected chi connectivity index (χ2v) is 7.13. The predicted octanol–water partition coefficient (Wildman–Crippen LogP) is 2.58. The zero-order valence-electron chi connectivity index (χ0n) is 14.7. The van der Waals surface area contributed by atoms with Crippen LogP contribution in [0.5, 0.6) is 0 Å². The smallest absolute Gasteiger partial charge is 0.356 e. The first-order valence-corrected chi connectivity index (χ1v) is 9.20. The Bertz CT molecular complexity index is 591. The molecule has 0 bridgehead atoms. The zero-order chi connectivity index (χ0) is 18.6. The molecule has 1 amide bonds. The molecule has 2 N–H and O–H groups in total. The maximum absolute atomic E-state index is 12.6. The minimum atomic E-state index is -4.36. The number of alkyl halides is 3. The topological polar surface area (TPSA) is 57.3 Å². The van der Waals surface area contributed by atoms with Crippen LogP contribution in [0.4, 0.5) is 19.0 Å². The van der Waals surface area contributed by atoms with Crippen molar-refractivity contribution in [3.05, 3.63) is 23.9 Å². The van der Waals surface area contributed by atoms with Gasteiger partial charge in [-0.2, -0.15) is 13.2 Å². The van der Waals surface area contributed by atoms with Crippen LogP contribution in [0.2, 0.25) is 0 Å². The van der Waals surface area contributed by atoms with Crippen molar-refractivity contribution in [1.82, 2.24) is 15.6 Å². The second-order valence-electron chi connectivity index (χ2n) is 7.13. The van der Waals surface area contributed by atoms with E-state index in [2.05, 4.69) is 15.6 Å². The first kappa shape index (κ1) is 18.9. The van der Waals surface area contributed by atoms with Gasteiger partial charge in [0.1, 0.15) is 5.82 Å². The van der Waals surface area contributed by atoms with Crippen LogP contribution < -0.4 is 15.5 Å². The van der Waals surface area contributed by atoms with Crippen LogP contribution in [0.1, 0.15) is 37.7 Å². The Hall–Kier alpha value is -1.83. The molecule has 3 rings (SSSR count). The molecule has 2 fully saturated rings. The molecule has 8 heteroatoms. The zero-order valence-corrected chi connectivity index (χ0v) is 14.7. The highest BCUT2D eigenvalue weighted by Gasteiger charge is 2.31. The third kappa shape index (κ3) is 5.09. The maximum atomic E-state index is 12.6. The molecule has 1 aromatic heterocycles. The average Bonchev–Trinajstić information content (AvgIpc) is 3.14. The van der Waals surface area contributed by atoms with Gasteiger partial charge in [0.05, 0.1) is 5.56 Å². The van der Waals surface area contributed by atoms with Gasteiger partial charge in [0, 0.05) is 31.7 Å². The van der Waals surface area contributed by atoms with E-state index in [0.717, 1.165) is 51.0 Å². The van der Waals surface area contributed by atoms with E-state index in [-0.39, 0.29) is 11.9 Å². The molecule has 2 aliphatic heterocycles. The number of pyridine rings is 1. The maximum Gasteiger partial charge on any atom is 0.417 e. The molecule has 2 aliphatic rings. The van der Waals surface area contributed by atoms with Crippen molar-refractivity contribution in [2.24, 2.45) is 5.92 Å². The Labute approximate surface area is 151 Å². The summed E-state index contributed by atoms with van der Waals surface area (Å²) in [6, 6.07) is 2.61. The molecule has 0 radical (unpaired) electrons. The summed E-state index contributed by atoms with van der Waals surface area (Å²) in [6.45, 7) is 3.40. The number of anilines is 1. The minimum absolute atomic E-state index is 0.100. The standard InChI is InChI=1S/C18H25F3N4O/c19-18(20,21)14-2-3-16(23-12-14)25-9-6-15(7-10-25)24-17(26)4-1-13-5-8-22-11-13/h2-3,12-13,15,22H,1,4-11H2,(H,24,26). The number of nitrogens with zero attached hydrogens (tertiary/aromatic N) is 2. The molecule has 144 valence electrons. The van der Waals surface area contributed by atoms with Gasteiger partial charge in [0.15, 0.2) is 0 Å². The molecule has 2 saturated heterocycles.